The van der Waals surface area contributed by atoms with Crippen molar-refractivity contribution in [2.24, 2.45) is 12.8 Å². The maximum absolute atomic E-state index is 6.30. The number of hydrogen-bond acceptors (Lipinski definition) is 3. The zero-order chi connectivity index (χ0) is 14.1. The van der Waals surface area contributed by atoms with E-state index in [1.54, 1.807) is 6.20 Å². The Morgan fingerprint density at radius 2 is 2.05 bits per heavy atom. The lowest BCUT2D eigenvalue weighted by molar-refractivity contribution is 0.597. The van der Waals surface area contributed by atoms with Crippen molar-refractivity contribution in [2.75, 3.05) is 0 Å². The fourth-order valence-corrected chi connectivity index (χ4v) is 2.65. The zero-order valence-electron chi connectivity index (χ0n) is 11.8. The molecule has 0 spiro atoms. The fraction of sp³-hybridized carbons (Fsp3) is 0.333. The number of aryl methyl sites for hydroxylation is 2. The van der Waals surface area contributed by atoms with Crippen LogP contribution in [0.3, 0.4) is 0 Å². The van der Waals surface area contributed by atoms with Crippen LogP contribution in [0.25, 0.3) is 10.9 Å². The van der Waals surface area contributed by atoms with Crippen LogP contribution >= 0.6 is 0 Å². The van der Waals surface area contributed by atoms with Crippen molar-refractivity contribution in [3.63, 3.8) is 0 Å². The van der Waals surface area contributed by atoms with Gasteiger partial charge in [-0.3, -0.25) is 9.36 Å². The maximum Gasteiger partial charge on any atom is 0.0722 e. The van der Waals surface area contributed by atoms with E-state index in [1.165, 1.54) is 10.9 Å². The largest absolute Gasteiger partial charge is 0.322 e. The molecular weight excluding hydrogens is 250 g/mol. The second-order valence-electron chi connectivity index (χ2n) is 4.97. The molecule has 104 valence electrons. The molecule has 1 unspecified atom stereocenters. The van der Waals surface area contributed by atoms with Gasteiger partial charge in [-0.05, 0) is 19.1 Å². The summed E-state index contributed by atoms with van der Waals surface area (Å²) in [6.45, 7) is 2.96. The molecule has 0 fully saturated rings. The normalized spacial score (nSPS) is 12.9. The van der Waals surface area contributed by atoms with E-state index in [0.29, 0.717) is 6.42 Å². The standard InChI is InChI=1S/C15H19N5/c1-3-20-14-7-5-4-6-11(14)13(18-20)10-12(16)15-8-9-17-19(15)2/h4-9,12H,3,10,16H2,1-2H3. The van der Waals surface area contributed by atoms with Crippen molar-refractivity contribution < 1.29 is 0 Å². The van der Waals surface area contributed by atoms with Gasteiger partial charge in [-0.1, -0.05) is 18.2 Å². The van der Waals surface area contributed by atoms with E-state index in [2.05, 4.69) is 24.2 Å². The number of nitrogens with two attached hydrogens (primary N) is 1. The summed E-state index contributed by atoms with van der Waals surface area (Å²) in [7, 11) is 1.91. The minimum absolute atomic E-state index is 0.0916. The van der Waals surface area contributed by atoms with Crippen LogP contribution in [0.5, 0.6) is 0 Å². The molecule has 5 heteroatoms. The summed E-state index contributed by atoms with van der Waals surface area (Å²) >= 11 is 0. The molecule has 0 aliphatic heterocycles. The van der Waals surface area contributed by atoms with Crippen LogP contribution in [-0.2, 0) is 20.0 Å². The number of aromatic nitrogens is 4. The van der Waals surface area contributed by atoms with E-state index in [9.17, 15) is 0 Å². The second-order valence-corrected chi connectivity index (χ2v) is 4.97. The number of benzene rings is 1. The predicted molar refractivity (Wildman–Crippen MR) is 79.2 cm³/mol. The number of hydrogen-bond donors (Lipinski definition) is 1. The number of para-hydroxylation sites is 1. The molecule has 0 amide bonds. The van der Waals surface area contributed by atoms with Gasteiger partial charge >= 0.3 is 0 Å². The van der Waals surface area contributed by atoms with Gasteiger partial charge in [-0.15, -0.1) is 0 Å². The Bertz CT molecular complexity index is 725. The SMILES string of the molecule is CCn1nc(CC(N)c2ccnn2C)c2ccccc21. The molecule has 1 aromatic carbocycles. The lowest BCUT2D eigenvalue weighted by atomic mass is 10.1. The Morgan fingerprint density at radius 1 is 1.25 bits per heavy atom. The number of fused-ring (bicyclic) bond motifs is 1. The van der Waals surface area contributed by atoms with E-state index in [1.807, 2.05) is 34.6 Å². The van der Waals surface area contributed by atoms with Crippen molar-refractivity contribution in [1.29, 1.82) is 0 Å². The summed E-state index contributed by atoms with van der Waals surface area (Å²) in [5, 5.41) is 10.1. The third kappa shape index (κ3) is 2.10. The first kappa shape index (κ1) is 12.9. The Kier molecular flexibility index (Phi) is 3.28. The summed E-state index contributed by atoms with van der Waals surface area (Å²) in [6.07, 6.45) is 2.49. The van der Waals surface area contributed by atoms with E-state index in [-0.39, 0.29) is 6.04 Å². The zero-order valence-corrected chi connectivity index (χ0v) is 11.8. The highest BCUT2D eigenvalue weighted by Crippen LogP contribution is 2.22. The average Bonchev–Trinajstić information content (AvgIpc) is 3.03. The van der Waals surface area contributed by atoms with Crippen molar-refractivity contribution in [1.82, 2.24) is 19.6 Å². The summed E-state index contributed by atoms with van der Waals surface area (Å²) in [6, 6.07) is 10.2. The summed E-state index contributed by atoms with van der Waals surface area (Å²) in [4.78, 5) is 0. The summed E-state index contributed by atoms with van der Waals surface area (Å²) in [5.74, 6) is 0. The fourth-order valence-electron chi connectivity index (χ4n) is 2.65. The minimum atomic E-state index is -0.0916. The van der Waals surface area contributed by atoms with E-state index >= 15 is 0 Å². The minimum Gasteiger partial charge on any atom is -0.322 e. The molecule has 0 aliphatic carbocycles. The Labute approximate surface area is 118 Å². The van der Waals surface area contributed by atoms with Crippen LogP contribution in [0, 0.1) is 0 Å². The van der Waals surface area contributed by atoms with Gasteiger partial charge in [0.25, 0.3) is 0 Å². The van der Waals surface area contributed by atoms with Crippen LogP contribution < -0.4 is 5.73 Å². The summed E-state index contributed by atoms with van der Waals surface area (Å²) < 4.78 is 3.85. The molecule has 3 rings (SSSR count). The highest BCUT2D eigenvalue weighted by Gasteiger charge is 2.16. The Balaban J connectivity index is 1.97. The third-order valence-electron chi connectivity index (χ3n) is 3.69. The van der Waals surface area contributed by atoms with Crippen LogP contribution in [0.2, 0.25) is 0 Å². The van der Waals surface area contributed by atoms with Gasteiger partial charge in [0.05, 0.1) is 22.9 Å². The first-order valence-corrected chi connectivity index (χ1v) is 6.88. The molecule has 2 aromatic heterocycles. The molecule has 5 nitrogen and oxygen atoms in total. The molecule has 0 saturated carbocycles. The average molecular weight is 269 g/mol. The Morgan fingerprint density at radius 3 is 2.75 bits per heavy atom. The topological polar surface area (TPSA) is 61.7 Å². The highest BCUT2D eigenvalue weighted by atomic mass is 15.3. The molecular formula is C15H19N5. The van der Waals surface area contributed by atoms with Crippen LogP contribution in [0.15, 0.2) is 36.5 Å². The molecule has 0 radical (unpaired) electrons. The first-order chi connectivity index (χ1) is 9.70. The van der Waals surface area contributed by atoms with Gasteiger partial charge in [-0.2, -0.15) is 10.2 Å². The van der Waals surface area contributed by atoms with Gasteiger partial charge in [0.1, 0.15) is 0 Å². The molecule has 0 aliphatic rings. The number of rotatable bonds is 4. The van der Waals surface area contributed by atoms with Gasteiger partial charge in [0.2, 0.25) is 0 Å². The lowest BCUT2D eigenvalue weighted by Gasteiger charge is -2.10. The van der Waals surface area contributed by atoms with Gasteiger partial charge in [0.15, 0.2) is 0 Å². The lowest BCUT2D eigenvalue weighted by Crippen LogP contribution is -2.17. The molecule has 3 aromatic rings. The second kappa shape index (κ2) is 5.09. The van der Waals surface area contributed by atoms with Gasteiger partial charge in [0, 0.05) is 31.6 Å². The van der Waals surface area contributed by atoms with Crippen molar-refractivity contribution in [3.8, 4) is 0 Å². The van der Waals surface area contributed by atoms with Crippen LogP contribution in [0.4, 0.5) is 0 Å². The van der Waals surface area contributed by atoms with E-state index in [0.717, 1.165) is 17.9 Å². The maximum atomic E-state index is 6.30. The number of nitrogens with zero attached hydrogens (tertiary/aromatic N) is 4. The van der Waals surface area contributed by atoms with Gasteiger partial charge in [-0.25, -0.2) is 0 Å². The molecule has 0 bridgehead atoms. The molecule has 20 heavy (non-hydrogen) atoms. The molecule has 0 saturated heterocycles. The van der Waals surface area contributed by atoms with E-state index < -0.39 is 0 Å². The smallest absolute Gasteiger partial charge is 0.0722 e. The van der Waals surface area contributed by atoms with Crippen molar-refractivity contribution in [2.45, 2.75) is 25.9 Å². The molecule has 2 heterocycles. The van der Waals surface area contributed by atoms with Gasteiger partial charge < -0.3 is 5.73 Å². The van der Waals surface area contributed by atoms with Crippen LogP contribution in [0.1, 0.15) is 24.4 Å². The quantitative estimate of drug-likeness (QED) is 0.788. The highest BCUT2D eigenvalue weighted by molar-refractivity contribution is 5.82. The molecule has 1 atom stereocenters. The first-order valence-electron chi connectivity index (χ1n) is 6.88. The monoisotopic (exact) mass is 269 g/mol. The van der Waals surface area contributed by atoms with Crippen molar-refractivity contribution in [3.05, 3.63) is 47.9 Å². The van der Waals surface area contributed by atoms with Crippen LogP contribution in [-0.4, -0.2) is 19.6 Å². The van der Waals surface area contributed by atoms with Crippen molar-refractivity contribution >= 4 is 10.9 Å². The third-order valence-corrected chi connectivity index (χ3v) is 3.69. The van der Waals surface area contributed by atoms with E-state index in [4.69, 9.17) is 10.8 Å². The molecule has 2 N–H and O–H groups in total. The Hall–Kier alpha value is -2.14. The summed E-state index contributed by atoms with van der Waals surface area (Å²) in [5.41, 5.74) is 9.55. The predicted octanol–water partition coefficient (Wildman–Crippen LogP) is 2.03.